The zero-order chi connectivity index (χ0) is 14.0. The van der Waals surface area contributed by atoms with E-state index in [1.165, 1.54) is 6.20 Å². The molecule has 2 aromatic rings. The molecule has 2 rings (SSSR count). The molecule has 0 fully saturated rings. The minimum atomic E-state index is -3.60. The molecule has 0 amide bonds. The van der Waals surface area contributed by atoms with Crippen LogP contribution in [0.4, 0.5) is 5.69 Å². The van der Waals surface area contributed by atoms with Crippen molar-refractivity contribution in [3.05, 3.63) is 52.3 Å². The highest BCUT2D eigenvalue weighted by molar-refractivity contribution is 9.10. The standard InChI is InChI=1S/C13H13BrN2O2S/c1-9-3-4-10(2)13(7-9)19(17,18)16-12-5-6-15-8-11(12)14/h3-8H,1-2H3,(H,15,16). The quantitative estimate of drug-likeness (QED) is 0.932. The summed E-state index contributed by atoms with van der Waals surface area (Å²) in [4.78, 5) is 4.19. The second-order valence-electron chi connectivity index (χ2n) is 4.23. The molecule has 0 saturated carbocycles. The molecule has 1 aromatic carbocycles. The molecule has 100 valence electrons. The number of pyridine rings is 1. The maximum atomic E-state index is 12.4. The van der Waals surface area contributed by atoms with Gasteiger partial charge >= 0.3 is 0 Å². The largest absolute Gasteiger partial charge is 0.278 e. The molecule has 0 atom stereocenters. The van der Waals surface area contributed by atoms with Gasteiger partial charge in [-0.25, -0.2) is 8.42 Å². The van der Waals surface area contributed by atoms with Crippen molar-refractivity contribution in [2.75, 3.05) is 4.72 Å². The van der Waals surface area contributed by atoms with Gasteiger partial charge in [0.1, 0.15) is 0 Å². The summed E-state index contributed by atoms with van der Waals surface area (Å²) in [5, 5.41) is 0. The van der Waals surface area contributed by atoms with E-state index in [2.05, 4.69) is 25.6 Å². The van der Waals surface area contributed by atoms with Crippen LogP contribution in [-0.2, 0) is 10.0 Å². The topological polar surface area (TPSA) is 59.1 Å². The molecule has 0 aliphatic rings. The van der Waals surface area contributed by atoms with Gasteiger partial charge in [-0.1, -0.05) is 12.1 Å². The molecule has 6 heteroatoms. The minimum Gasteiger partial charge on any atom is -0.278 e. The number of nitrogens with one attached hydrogen (secondary N) is 1. The second kappa shape index (κ2) is 5.30. The molecule has 0 bridgehead atoms. The summed E-state index contributed by atoms with van der Waals surface area (Å²) in [7, 11) is -3.60. The Labute approximate surface area is 121 Å². The smallest absolute Gasteiger partial charge is 0.262 e. The van der Waals surface area contributed by atoms with Gasteiger partial charge in [0, 0.05) is 12.4 Å². The van der Waals surface area contributed by atoms with E-state index >= 15 is 0 Å². The van der Waals surface area contributed by atoms with Gasteiger partial charge in [0.05, 0.1) is 15.1 Å². The van der Waals surface area contributed by atoms with Gasteiger partial charge in [-0.05, 0) is 53.0 Å². The third kappa shape index (κ3) is 3.13. The van der Waals surface area contributed by atoms with E-state index in [0.29, 0.717) is 15.7 Å². The van der Waals surface area contributed by atoms with Crippen molar-refractivity contribution in [1.29, 1.82) is 0 Å². The van der Waals surface area contributed by atoms with E-state index in [4.69, 9.17) is 0 Å². The zero-order valence-corrected chi connectivity index (χ0v) is 12.9. The van der Waals surface area contributed by atoms with E-state index in [-0.39, 0.29) is 4.90 Å². The number of benzene rings is 1. The summed E-state index contributed by atoms with van der Waals surface area (Å²) in [6, 6.07) is 6.95. The number of aryl methyl sites for hydroxylation is 2. The van der Waals surface area contributed by atoms with E-state index in [9.17, 15) is 8.42 Å². The lowest BCUT2D eigenvalue weighted by Gasteiger charge is -2.12. The Kier molecular flexibility index (Phi) is 3.91. The number of nitrogens with zero attached hydrogens (tertiary/aromatic N) is 1. The van der Waals surface area contributed by atoms with E-state index in [1.54, 1.807) is 31.3 Å². The van der Waals surface area contributed by atoms with Gasteiger partial charge in [-0.15, -0.1) is 0 Å². The Hall–Kier alpha value is -1.40. The first kappa shape index (κ1) is 14.0. The van der Waals surface area contributed by atoms with Crippen molar-refractivity contribution in [2.45, 2.75) is 18.7 Å². The van der Waals surface area contributed by atoms with Crippen molar-refractivity contribution >= 4 is 31.6 Å². The summed E-state index contributed by atoms with van der Waals surface area (Å²) < 4.78 is 27.9. The number of hydrogen-bond donors (Lipinski definition) is 1. The van der Waals surface area contributed by atoms with Gasteiger partial charge < -0.3 is 0 Å². The number of halogens is 1. The lowest BCUT2D eigenvalue weighted by Crippen LogP contribution is -2.14. The monoisotopic (exact) mass is 340 g/mol. The molecule has 0 radical (unpaired) electrons. The zero-order valence-electron chi connectivity index (χ0n) is 10.5. The van der Waals surface area contributed by atoms with E-state index in [1.807, 2.05) is 13.0 Å². The molecule has 4 nitrogen and oxygen atoms in total. The molecule has 0 aliphatic heterocycles. The lowest BCUT2D eigenvalue weighted by molar-refractivity contribution is 0.600. The highest BCUT2D eigenvalue weighted by Crippen LogP contribution is 2.25. The van der Waals surface area contributed by atoms with E-state index < -0.39 is 10.0 Å². The van der Waals surface area contributed by atoms with Gasteiger partial charge in [-0.2, -0.15) is 0 Å². The van der Waals surface area contributed by atoms with Crippen molar-refractivity contribution < 1.29 is 8.42 Å². The second-order valence-corrected chi connectivity index (χ2v) is 6.74. The van der Waals surface area contributed by atoms with Gasteiger partial charge in [0.15, 0.2) is 0 Å². The fourth-order valence-electron chi connectivity index (χ4n) is 1.65. The Balaban J connectivity index is 2.44. The summed E-state index contributed by atoms with van der Waals surface area (Å²) in [5.41, 5.74) is 2.08. The van der Waals surface area contributed by atoms with Gasteiger partial charge in [0.2, 0.25) is 0 Å². The molecule has 19 heavy (non-hydrogen) atoms. The average Bonchev–Trinajstić information content (AvgIpc) is 2.35. The molecule has 1 heterocycles. The molecule has 1 aromatic heterocycles. The Morgan fingerprint density at radius 1 is 1.21 bits per heavy atom. The fourth-order valence-corrected chi connectivity index (χ4v) is 3.55. The highest BCUT2D eigenvalue weighted by atomic mass is 79.9. The first-order valence-electron chi connectivity index (χ1n) is 5.60. The van der Waals surface area contributed by atoms with Crippen LogP contribution in [0.15, 0.2) is 46.0 Å². The van der Waals surface area contributed by atoms with Crippen LogP contribution in [0.1, 0.15) is 11.1 Å². The number of hydrogen-bond acceptors (Lipinski definition) is 3. The SMILES string of the molecule is Cc1ccc(C)c(S(=O)(=O)Nc2ccncc2Br)c1. The number of aromatic nitrogens is 1. The minimum absolute atomic E-state index is 0.288. The lowest BCUT2D eigenvalue weighted by atomic mass is 10.2. The molecule has 0 aliphatic carbocycles. The first-order chi connectivity index (χ1) is 8.90. The van der Waals surface area contributed by atoms with Crippen molar-refractivity contribution in [2.24, 2.45) is 0 Å². The third-order valence-corrected chi connectivity index (χ3v) is 4.79. The van der Waals surface area contributed by atoms with Crippen LogP contribution in [-0.4, -0.2) is 13.4 Å². The van der Waals surface area contributed by atoms with Crippen molar-refractivity contribution in [3.63, 3.8) is 0 Å². The van der Waals surface area contributed by atoms with Crippen LogP contribution in [0.2, 0.25) is 0 Å². The number of sulfonamides is 1. The predicted molar refractivity (Wildman–Crippen MR) is 78.7 cm³/mol. The molecule has 0 saturated heterocycles. The number of anilines is 1. The normalized spacial score (nSPS) is 11.3. The summed E-state index contributed by atoms with van der Waals surface area (Å²) in [6.07, 6.45) is 3.08. The Morgan fingerprint density at radius 3 is 2.63 bits per heavy atom. The molecule has 0 unspecified atom stereocenters. The Morgan fingerprint density at radius 2 is 1.95 bits per heavy atom. The van der Waals surface area contributed by atoms with Crippen LogP contribution < -0.4 is 4.72 Å². The predicted octanol–water partition coefficient (Wildman–Crippen LogP) is 3.26. The van der Waals surface area contributed by atoms with Crippen LogP contribution in [0.25, 0.3) is 0 Å². The maximum absolute atomic E-state index is 12.4. The summed E-state index contributed by atoms with van der Waals surface area (Å²) >= 11 is 3.27. The average molecular weight is 341 g/mol. The maximum Gasteiger partial charge on any atom is 0.262 e. The van der Waals surface area contributed by atoms with Crippen molar-refractivity contribution in [3.8, 4) is 0 Å². The van der Waals surface area contributed by atoms with Crippen LogP contribution in [0.5, 0.6) is 0 Å². The number of rotatable bonds is 3. The van der Waals surface area contributed by atoms with Crippen LogP contribution in [0, 0.1) is 13.8 Å². The third-order valence-electron chi connectivity index (χ3n) is 2.65. The van der Waals surface area contributed by atoms with Crippen molar-refractivity contribution in [1.82, 2.24) is 4.98 Å². The van der Waals surface area contributed by atoms with E-state index in [0.717, 1.165) is 5.56 Å². The van der Waals surface area contributed by atoms with Crippen LogP contribution >= 0.6 is 15.9 Å². The fraction of sp³-hybridized carbons (Fsp3) is 0.154. The molecular formula is C13H13BrN2O2S. The molecule has 1 N–H and O–H groups in total. The summed E-state index contributed by atoms with van der Waals surface area (Å²) in [6.45, 7) is 3.64. The molecule has 0 spiro atoms. The summed E-state index contributed by atoms with van der Waals surface area (Å²) in [5.74, 6) is 0. The van der Waals surface area contributed by atoms with Gasteiger partial charge in [0.25, 0.3) is 10.0 Å². The van der Waals surface area contributed by atoms with Crippen LogP contribution in [0.3, 0.4) is 0 Å². The van der Waals surface area contributed by atoms with Gasteiger partial charge in [-0.3, -0.25) is 9.71 Å². The highest BCUT2D eigenvalue weighted by Gasteiger charge is 2.18. The first-order valence-corrected chi connectivity index (χ1v) is 7.87. The molecular weight excluding hydrogens is 328 g/mol. The Bertz CT molecular complexity index is 714.